The molecule has 1 N–H and O–H groups in total. The summed E-state index contributed by atoms with van der Waals surface area (Å²) < 4.78 is 10.5. The highest BCUT2D eigenvalue weighted by molar-refractivity contribution is 6.39. The molecule has 4 amide bonds. The van der Waals surface area contributed by atoms with E-state index in [0.717, 1.165) is 10.5 Å². The maximum absolute atomic E-state index is 13.1. The van der Waals surface area contributed by atoms with Crippen molar-refractivity contribution in [3.8, 4) is 5.75 Å². The molecule has 0 aromatic heterocycles. The third-order valence-corrected chi connectivity index (χ3v) is 5.07. The molecule has 1 heterocycles. The first kappa shape index (κ1) is 22.5. The molecule has 8 nitrogen and oxygen atoms in total. The Morgan fingerprint density at radius 2 is 1.68 bits per heavy atom. The Hall–Kier alpha value is -4.72. The molecule has 3 aromatic rings. The molecule has 1 aliphatic heterocycles. The van der Waals surface area contributed by atoms with E-state index in [0.29, 0.717) is 17.9 Å². The second-order valence-electron chi connectivity index (χ2n) is 7.34. The quantitative estimate of drug-likeness (QED) is 0.345. The van der Waals surface area contributed by atoms with Crippen LogP contribution in [-0.4, -0.2) is 30.9 Å². The minimum absolute atomic E-state index is 0.202. The molecular formula is C26H20N2O6. The molecule has 170 valence electrons. The second-order valence-corrected chi connectivity index (χ2v) is 7.34. The zero-order valence-electron chi connectivity index (χ0n) is 18.2. The molecule has 1 fully saturated rings. The maximum atomic E-state index is 13.1. The van der Waals surface area contributed by atoms with Gasteiger partial charge in [0.15, 0.2) is 0 Å². The number of rotatable bonds is 6. The summed E-state index contributed by atoms with van der Waals surface area (Å²) in [4.78, 5) is 50.4. The Morgan fingerprint density at radius 1 is 0.941 bits per heavy atom. The van der Waals surface area contributed by atoms with Crippen molar-refractivity contribution in [1.82, 2.24) is 5.32 Å². The summed E-state index contributed by atoms with van der Waals surface area (Å²) in [7, 11) is 1.25. The smallest absolute Gasteiger partial charge is 0.337 e. The molecule has 4 rings (SSSR count). The van der Waals surface area contributed by atoms with Crippen molar-refractivity contribution in [2.45, 2.75) is 6.61 Å². The normalized spacial score (nSPS) is 14.7. The first-order valence-electron chi connectivity index (χ1n) is 10.3. The monoisotopic (exact) mass is 456 g/mol. The van der Waals surface area contributed by atoms with Gasteiger partial charge in [0.05, 0.1) is 18.4 Å². The van der Waals surface area contributed by atoms with Crippen LogP contribution in [0.1, 0.15) is 21.5 Å². The van der Waals surface area contributed by atoms with Gasteiger partial charge in [-0.2, -0.15) is 0 Å². The van der Waals surface area contributed by atoms with Gasteiger partial charge in [-0.25, -0.2) is 14.5 Å². The highest BCUT2D eigenvalue weighted by Gasteiger charge is 2.36. The van der Waals surface area contributed by atoms with Crippen molar-refractivity contribution in [1.29, 1.82) is 0 Å². The number of imide groups is 2. The zero-order chi connectivity index (χ0) is 24.1. The van der Waals surface area contributed by atoms with Crippen molar-refractivity contribution < 1.29 is 28.7 Å². The average molecular weight is 456 g/mol. The summed E-state index contributed by atoms with van der Waals surface area (Å²) in [5.74, 6) is -1.57. The van der Waals surface area contributed by atoms with Crippen LogP contribution in [0.25, 0.3) is 6.08 Å². The number of methoxy groups -OCH3 is 1. The number of nitrogens with zero attached hydrogens (tertiary/aromatic N) is 1. The van der Waals surface area contributed by atoms with Gasteiger partial charge in [-0.3, -0.25) is 14.9 Å². The molecule has 0 aliphatic carbocycles. The lowest BCUT2D eigenvalue weighted by Crippen LogP contribution is -2.54. The molecule has 8 heteroatoms. The molecule has 1 aliphatic rings. The standard InChI is InChI=1S/C26H20N2O6/c1-33-25(31)19-10-12-20(13-11-19)28-24(30)22(23(29)27-26(28)32)15-18-8-5-9-21(14-18)34-16-17-6-3-2-4-7-17/h2-15H,16H2,1H3,(H,27,29,32). The number of nitrogens with one attached hydrogen (secondary N) is 1. The first-order valence-corrected chi connectivity index (χ1v) is 10.3. The molecule has 34 heavy (non-hydrogen) atoms. The van der Waals surface area contributed by atoms with Crippen LogP contribution in [0.4, 0.5) is 10.5 Å². The van der Waals surface area contributed by atoms with E-state index in [2.05, 4.69) is 10.1 Å². The van der Waals surface area contributed by atoms with Crippen LogP contribution >= 0.6 is 0 Å². The van der Waals surface area contributed by atoms with Gasteiger partial charge in [0.1, 0.15) is 17.9 Å². The van der Waals surface area contributed by atoms with Gasteiger partial charge in [0.25, 0.3) is 11.8 Å². The zero-order valence-corrected chi connectivity index (χ0v) is 18.2. The third kappa shape index (κ3) is 4.86. The van der Waals surface area contributed by atoms with Crippen LogP contribution in [0.3, 0.4) is 0 Å². The lowest BCUT2D eigenvalue weighted by Gasteiger charge is -2.26. The summed E-state index contributed by atoms with van der Waals surface area (Å²) in [5, 5.41) is 2.17. The number of benzene rings is 3. The fraction of sp³-hybridized carbons (Fsp3) is 0.0769. The predicted octanol–water partition coefficient (Wildman–Crippen LogP) is 3.72. The SMILES string of the molecule is COC(=O)c1ccc(N2C(=O)NC(=O)C(=Cc3cccc(OCc4ccccc4)c3)C2=O)cc1. The average Bonchev–Trinajstić information content (AvgIpc) is 2.86. The Labute approximate surface area is 195 Å². The Morgan fingerprint density at radius 3 is 2.38 bits per heavy atom. The number of esters is 1. The predicted molar refractivity (Wildman–Crippen MR) is 124 cm³/mol. The highest BCUT2D eigenvalue weighted by atomic mass is 16.5. The van der Waals surface area contributed by atoms with Crippen molar-refractivity contribution in [3.05, 3.63) is 101 Å². The summed E-state index contributed by atoms with van der Waals surface area (Å²) in [6.07, 6.45) is 1.40. The number of hydrogen-bond donors (Lipinski definition) is 1. The van der Waals surface area contributed by atoms with Crippen molar-refractivity contribution in [2.75, 3.05) is 12.0 Å². The van der Waals surface area contributed by atoms with Gasteiger partial charge in [0.2, 0.25) is 0 Å². The van der Waals surface area contributed by atoms with E-state index in [-0.39, 0.29) is 16.8 Å². The minimum atomic E-state index is -0.877. The van der Waals surface area contributed by atoms with Crippen LogP contribution in [0, 0.1) is 0 Å². The summed E-state index contributed by atoms with van der Waals surface area (Å²) in [6.45, 7) is 0.365. The number of ether oxygens (including phenoxy) is 2. The number of anilines is 1. The second kappa shape index (κ2) is 9.83. The fourth-order valence-electron chi connectivity index (χ4n) is 3.36. The van der Waals surface area contributed by atoms with Gasteiger partial charge in [-0.15, -0.1) is 0 Å². The number of carbonyl (C=O) groups is 4. The van der Waals surface area contributed by atoms with E-state index in [1.54, 1.807) is 24.3 Å². The van der Waals surface area contributed by atoms with Crippen LogP contribution < -0.4 is 15.0 Å². The molecule has 0 saturated carbocycles. The fourth-order valence-corrected chi connectivity index (χ4v) is 3.36. The molecule has 0 atom stereocenters. The van der Waals surface area contributed by atoms with Crippen molar-refractivity contribution >= 4 is 35.6 Å². The van der Waals surface area contributed by atoms with Crippen molar-refractivity contribution in [2.24, 2.45) is 0 Å². The lowest BCUT2D eigenvalue weighted by atomic mass is 10.1. The summed E-state index contributed by atoms with van der Waals surface area (Å²) >= 11 is 0. The number of carbonyl (C=O) groups excluding carboxylic acids is 4. The Bertz CT molecular complexity index is 1280. The van der Waals surface area contributed by atoms with E-state index >= 15 is 0 Å². The lowest BCUT2D eigenvalue weighted by molar-refractivity contribution is -0.122. The van der Waals surface area contributed by atoms with Crippen LogP contribution in [0.15, 0.2) is 84.4 Å². The van der Waals surface area contributed by atoms with Gasteiger partial charge in [0, 0.05) is 0 Å². The third-order valence-electron chi connectivity index (χ3n) is 5.07. The van der Waals surface area contributed by atoms with Gasteiger partial charge in [-0.1, -0.05) is 42.5 Å². The molecule has 0 unspecified atom stereocenters. The van der Waals surface area contributed by atoms with Crippen LogP contribution in [-0.2, 0) is 20.9 Å². The molecule has 0 spiro atoms. The number of barbiturate groups is 1. The van der Waals surface area contributed by atoms with Gasteiger partial charge in [-0.05, 0) is 53.6 Å². The number of amides is 4. The topological polar surface area (TPSA) is 102 Å². The van der Waals surface area contributed by atoms with Crippen LogP contribution in [0.5, 0.6) is 5.75 Å². The van der Waals surface area contributed by atoms with Crippen molar-refractivity contribution in [3.63, 3.8) is 0 Å². The summed E-state index contributed by atoms with van der Waals surface area (Å²) in [6, 6.07) is 21.4. The Balaban J connectivity index is 1.56. The number of hydrogen-bond acceptors (Lipinski definition) is 6. The molecule has 0 bridgehead atoms. The highest BCUT2D eigenvalue weighted by Crippen LogP contribution is 2.24. The van der Waals surface area contributed by atoms with Crippen LogP contribution in [0.2, 0.25) is 0 Å². The van der Waals surface area contributed by atoms with E-state index in [1.165, 1.54) is 37.5 Å². The maximum Gasteiger partial charge on any atom is 0.337 e. The molecule has 1 saturated heterocycles. The molecule has 3 aromatic carbocycles. The van der Waals surface area contributed by atoms with E-state index in [4.69, 9.17) is 4.74 Å². The molecule has 0 radical (unpaired) electrons. The minimum Gasteiger partial charge on any atom is -0.489 e. The van der Waals surface area contributed by atoms with E-state index in [1.807, 2.05) is 30.3 Å². The van der Waals surface area contributed by atoms with E-state index < -0.39 is 23.8 Å². The first-order chi connectivity index (χ1) is 16.5. The van der Waals surface area contributed by atoms with Gasteiger partial charge < -0.3 is 9.47 Å². The molecular weight excluding hydrogens is 436 g/mol. The van der Waals surface area contributed by atoms with E-state index in [9.17, 15) is 19.2 Å². The Kier molecular flexibility index (Phi) is 6.49. The summed E-state index contributed by atoms with van der Waals surface area (Å²) in [5.41, 5.74) is 1.81. The van der Waals surface area contributed by atoms with Gasteiger partial charge >= 0.3 is 12.0 Å². The largest absolute Gasteiger partial charge is 0.489 e. The number of urea groups is 1.